The number of pyridine rings is 1. The van der Waals surface area contributed by atoms with Crippen molar-refractivity contribution in [2.24, 2.45) is 16.6 Å². The summed E-state index contributed by atoms with van der Waals surface area (Å²) in [6.07, 6.45) is 2.19. The summed E-state index contributed by atoms with van der Waals surface area (Å²) in [6.45, 7) is 0.523. The highest BCUT2D eigenvalue weighted by atomic mass is 35.5. The Morgan fingerprint density at radius 2 is 2.26 bits per heavy atom. The van der Waals surface area contributed by atoms with Gasteiger partial charge >= 0.3 is 0 Å². The van der Waals surface area contributed by atoms with Crippen LogP contribution < -0.4 is 11.1 Å². The fourth-order valence-corrected chi connectivity index (χ4v) is 4.41. The zero-order valence-electron chi connectivity index (χ0n) is 14.1. The first kappa shape index (κ1) is 18.2. The summed E-state index contributed by atoms with van der Waals surface area (Å²) in [5.41, 5.74) is 5.91. The summed E-state index contributed by atoms with van der Waals surface area (Å²) in [7, 11) is 0. The summed E-state index contributed by atoms with van der Waals surface area (Å²) in [5.74, 6) is -0.116. The minimum atomic E-state index is -1.00. The second-order valence-electron chi connectivity index (χ2n) is 6.34. The number of nitrogens with one attached hydrogen (secondary N) is 1. The minimum Gasteiger partial charge on any atom is -0.378 e. The third kappa shape index (κ3) is 3.52. The minimum absolute atomic E-state index is 0.0954. The van der Waals surface area contributed by atoms with Gasteiger partial charge in [0.2, 0.25) is 0 Å². The molecule has 1 fully saturated rings. The Morgan fingerprint density at radius 3 is 3.04 bits per heavy atom. The third-order valence-electron chi connectivity index (χ3n) is 4.58. The predicted octanol–water partition coefficient (Wildman–Crippen LogP) is 3.38. The number of anilines is 1. The molecule has 6 nitrogen and oxygen atoms in total. The molecule has 4 rings (SSSR count). The number of amidine groups is 1. The molecule has 3 heterocycles. The van der Waals surface area contributed by atoms with E-state index in [0.29, 0.717) is 28.0 Å². The summed E-state index contributed by atoms with van der Waals surface area (Å²) in [5, 5.41) is 3.50. The van der Waals surface area contributed by atoms with Crippen LogP contribution in [0.2, 0.25) is 5.02 Å². The number of fused-ring (bicyclic) bond motifs is 1. The molecule has 0 bridgehead atoms. The van der Waals surface area contributed by atoms with Gasteiger partial charge in [0.15, 0.2) is 10.9 Å². The van der Waals surface area contributed by atoms with Gasteiger partial charge in [-0.2, -0.15) is 0 Å². The van der Waals surface area contributed by atoms with Crippen LogP contribution >= 0.6 is 23.4 Å². The number of aliphatic imine (C=N–C) groups is 1. The molecule has 1 aromatic heterocycles. The maximum atomic E-state index is 14.3. The van der Waals surface area contributed by atoms with Crippen molar-refractivity contribution < 1.29 is 13.9 Å². The van der Waals surface area contributed by atoms with Crippen LogP contribution in [-0.2, 0) is 10.5 Å². The molecule has 0 aliphatic carbocycles. The van der Waals surface area contributed by atoms with E-state index in [1.807, 2.05) is 0 Å². The summed E-state index contributed by atoms with van der Waals surface area (Å²) in [4.78, 5) is 20.9. The first-order valence-electron chi connectivity index (χ1n) is 8.32. The first-order chi connectivity index (χ1) is 13.0. The van der Waals surface area contributed by atoms with Crippen LogP contribution in [0.1, 0.15) is 22.5 Å². The molecule has 2 aliphatic heterocycles. The van der Waals surface area contributed by atoms with Crippen LogP contribution in [0.25, 0.3) is 0 Å². The lowest BCUT2D eigenvalue weighted by molar-refractivity contribution is -0.0145. The van der Waals surface area contributed by atoms with Crippen LogP contribution in [0, 0.1) is 11.7 Å². The van der Waals surface area contributed by atoms with E-state index in [-0.39, 0.29) is 11.6 Å². The number of carbonyl (C=O) groups excluding carboxylic acids is 1. The van der Waals surface area contributed by atoms with E-state index in [9.17, 15) is 9.18 Å². The lowest BCUT2D eigenvalue weighted by atomic mass is 9.90. The molecule has 1 amide bonds. The molecule has 27 heavy (non-hydrogen) atoms. The largest absolute Gasteiger partial charge is 0.378 e. The average Bonchev–Trinajstić information content (AvgIpc) is 3.06. The molecular formula is C18H16ClFN4O2S. The average molecular weight is 407 g/mol. The molecule has 140 valence electrons. The molecule has 0 saturated carbocycles. The van der Waals surface area contributed by atoms with Crippen LogP contribution in [0.3, 0.4) is 0 Å². The molecule has 9 heteroatoms. The highest BCUT2D eigenvalue weighted by molar-refractivity contribution is 8.13. The quantitative estimate of drug-likeness (QED) is 0.815. The monoisotopic (exact) mass is 406 g/mol. The lowest BCUT2D eigenvalue weighted by Crippen LogP contribution is -2.38. The molecule has 0 unspecified atom stereocenters. The van der Waals surface area contributed by atoms with E-state index in [1.54, 1.807) is 12.1 Å². The SMILES string of the molecule is NC1=N[C@@]2(c3cc(F)cc(NC(=O)c4ccc(Cl)cn4)c3)OCC[C@H]2CS1. The highest BCUT2D eigenvalue weighted by Crippen LogP contribution is 2.47. The van der Waals surface area contributed by atoms with Crippen LogP contribution in [0.15, 0.2) is 41.5 Å². The molecule has 2 aliphatic rings. The number of nitrogens with zero attached hydrogens (tertiary/aromatic N) is 2. The van der Waals surface area contributed by atoms with E-state index in [4.69, 9.17) is 22.1 Å². The summed E-state index contributed by atoms with van der Waals surface area (Å²) >= 11 is 7.26. The number of rotatable bonds is 3. The molecular weight excluding hydrogens is 391 g/mol. The maximum Gasteiger partial charge on any atom is 0.274 e. The van der Waals surface area contributed by atoms with Gasteiger partial charge in [-0.1, -0.05) is 23.4 Å². The van der Waals surface area contributed by atoms with Crippen LogP contribution in [0.5, 0.6) is 0 Å². The molecule has 2 aromatic rings. The number of carbonyl (C=O) groups is 1. The van der Waals surface area contributed by atoms with Crippen molar-refractivity contribution in [2.45, 2.75) is 12.1 Å². The molecule has 2 atom stereocenters. The number of amides is 1. The number of hydrogen-bond acceptors (Lipinski definition) is 6. The second-order valence-corrected chi connectivity index (χ2v) is 7.81. The zero-order valence-corrected chi connectivity index (χ0v) is 15.7. The Bertz CT molecular complexity index is 924. The van der Waals surface area contributed by atoms with Gasteiger partial charge in [0, 0.05) is 29.1 Å². The van der Waals surface area contributed by atoms with E-state index in [2.05, 4.69) is 15.3 Å². The maximum absolute atomic E-state index is 14.3. The lowest BCUT2D eigenvalue weighted by Gasteiger charge is -2.34. The standard InChI is InChI=1S/C18H16ClFN4O2S/c19-12-1-2-15(22-8-12)16(25)23-14-6-11(5-13(20)7-14)18-10(3-4-26-18)9-27-17(21)24-18/h1-2,5-8,10H,3-4,9H2,(H2,21,24)(H,23,25)/t10-,18+/m0/s1. The number of benzene rings is 1. The highest BCUT2D eigenvalue weighted by Gasteiger charge is 2.48. The van der Waals surface area contributed by atoms with Crippen molar-refractivity contribution in [1.29, 1.82) is 0 Å². The Balaban J connectivity index is 1.67. The smallest absolute Gasteiger partial charge is 0.274 e. The Kier molecular flexibility index (Phi) is 4.79. The summed E-state index contributed by atoms with van der Waals surface area (Å²) in [6, 6.07) is 7.34. The molecule has 1 aromatic carbocycles. The van der Waals surface area contributed by atoms with E-state index < -0.39 is 17.4 Å². The van der Waals surface area contributed by atoms with E-state index in [1.165, 1.54) is 36.2 Å². The van der Waals surface area contributed by atoms with Crippen molar-refractivity contribution in [3.05, 3.63) is 58.6 Å². The fourth-order valence-electron chi connectivity index (χ4n) is 3.33. The van der Waals surface area contributed by atoms with Gasteiger partial charge in [-0.25, -0.2) is 14.4 Å². The third-order valence-corrected chi connectivity index (χ3v) is 5.76. The van der Waals surface area contributed by atoms with Crippen molar-refractivity contribution in [1.82, 2.24) is 4.98 Å². The van der Waals surface area contributed by atoms with Gasteiger partial charge in [-0.05, 0) is 36.8 Å². The number of hydrogen-bond donors (Lipinski definition) is 2. The van der Waals surface area contributed by atoms with Gasteiger partial charge in [0.05, 0.1) is 11.6 Å². The number of aromatic nitrogens is 1. The van der Waals surface area contributed by atoms with Crippen molar-refractivity contribution in [3.63, 3.8) is 0 Å². The number of ether oxygens (including phenoxy) is 1. The Hall–Kier alpha value is -2.16. The number of nitrogens with two attached hydrogens (primary N) is 1. The van der Waals surface area contributed by atoms with E-state index in [0.717, 1.165) is 12.2 Å². The normalized spacial score (nSPS) is 24.2. The first-order valence-corrected chi connectivity index (χ1v) is 9.69. The van der Waals surface area contributed by atoms with Gasteiger partial charge < -0.3 is 15.8 Å². The van der Waals surface area contributed by atoms with Gasteiger partial charge in [-0.15, -0.1) is 0 Å². The Labute approximate surface area is 164 Å². The molecule has 3 N–H and O–H groups in total. The van der Waals surface area contributed by atoms with Crippen LogP contribution in [0.4, 0.5) is 10.1 Å². The predicted molar refractivity (Wildman–Crippen MR) is 103 cm³/mol. The zero-order chi connectivity index (χ0) is 19.0. The molecule has 1 saturated heterocycles. The second kappa shape index (κ2) is 7.10. The van der Waals surface area contributed by atoms with Gasteiger partial charge in [0.1, 0.15) is 11.5 Å². The number of halogens is 2. The summed E-state index contributed by atoms with van der Waals surface area (Å²) < 4.78 is 20.2. The van der Waals surface area contributed by atoms with Crippen LogP contribution in [-0.4, -0.2) is 28.4 Å². The van der Waals surface area contributed by atoms with Crippen molar-refractivity contribution >= 4 is 40.1 Å². The Morgan fingerprint density at radius 1 is 1.41 bits per heavy atom. The fraction of sp³-hybridized carbons (Fsp3) is 0.278. The van der Waals surface area contributed by atoms with Gasteiger partial charge in [-0.3, -0.25) is 4.79 Å². The van der Waals surface area contributed by atoms with Gasteiger partial charge in [0.25, 0.3) is 5.91 Å². The van der Waals surface area contributed by atoms with E-state index >= 15 is 0 Å². The number of thioether (sulfide) groups is 1. The van der Waals surface area contributed by atoms with Crippen molar-refractivity contribution in [3.8, 4) is 0 Å². The molecule has 0 radical (unpaired) electrons. The molecule has 0 spiro atoms. The van der Waals surface area contributed by atoms with Crippen molar-refractivity contribution in [2.75, 3.05) is 17.7 Å². The topological polar surface area (TPSA) is 89.6 Å².